The molecule has 2 rings (SSSR count). The fraction of sp³-hybridized carbons (Fsp3) is 0.438. The first-order valence-corrected chi connectivity index (χ1v) is 7.23. The van der Waals surface area contributed by atoms with Crippen LogP contribution in [0.3, 0.4) is 0 Å². The van der Waals surface area contributed by atoms with Gasteiger partial charge in [0, 0.05) is 18.3 Å². The van der Waals surface area contributed by atoms with Gasteiger partial charge in [0.2, 0.25) is 0 Å². The molecule has 0 bridgehead atoms. The molecule has 0 amide bonds. The highest BCUT2D eigenvalue weighted by atomic mass is 19.4. The highest BCUT2D eigenvalue weighted by molar-refractivity contribution is 5.24. The zero-order valence-corrected chi connectivity index (χ0v) is 12.7. The molecule has 2 aromatic rings. The second kappa shape index (κ2) is 6.96. The van der Waals surface area contributed by atoms with Gasteiger partial charge in [0.15, 0.2) is 0 Å². The number of nitrogens with zero attached hydrogens (tertiary/aromatic N) is 2. The van der Waals surface area contributed by atoms with Gasteiger partial charge in [0.1, 0.15) is 0 Å². The van der Waals surface area contributed by atoms with Crippen molar-refractivity contribution in [3.63, 3.8) is 0 Å². The topological polar surface area (TPSA) is 29.9 Å². The van der Waals surface area contributed by atoms with Crippen LogP contribution in [0.2, 0.25) is 0 Å². The predicted octanol–water partition coefficient (Wildman–Crippen LogP) is 3.70. The third-order valence-electron chi connectivity index (χ3n) is 3.19. The van der Waals surface area contributed by atoms with E-state index in [1.54, 1.807) is 10.9 Å². The van der Waals surface area contributed by atoms with Crippen molar-refractivity contribution < 1.29 is 13.2 Å². The van der Waals surface area contributed by atoms with Crippen LogP contribution in [0.5, 0.6) is 0 Å². The van der Waals surface area contributed by atoms with E-state index < -0.39 is 11.7 Å². The van der Waals surface area contributed by atoms with Gasteiger partial charge in [0.05, 0.1) is 18.3 Å². The standard InChI is InChI=1S/C16H20F3N3/c1-12(2)7-20-8-14-9-21-22(11-14)10-13-3-5-15(6-4-13)16(17,18)19/h3-6,9,11-12,20H,7-8,10H2,1-2H3. The first-order valence-electron chi connectivity index (χ1n) is 7.23. The number of hydrogen-bond donors (Lipinski definition) is 1. The molecule has 0 saturated carbocycles. The summed E-state index contributed by atoms with van der Waals surface area (Å²) in [6, 6.07) is 5.18. The number of benzene rings is 1. The van der Waals surface area contributed by atoms with Crippen molar-refractivity contribution in [2.45, 2.75) is 33.1 Å². The van der Waals surface area contributed by atoms with E-state index >= 15 is 0 Å². The molecule has 1 aromatic carbocycles. The summed E-state index contributed by atoms with van der Waals surface area (Å²) in [6.45, 7) is 6.42. The maximum Gasteiger partial charge on any atom is 0.416 e. The van der Waals surface area contributed by atoms with Crippen LogP contribution in [-0.2, 0) is 19.3 Å². The van der Waals surface area contributed by atoms with Crippen LogP contribution < -0.4 is 5.32 Å². The first-order chi connectivity index (χ1) is 10.3. The van der Waals surface area contributed by atoms with Crippen LogP contribution in [0.15, 0.2) is 36.7 Å². The van der Waals surface area contributed by atoms with E-state index in [0.717, 1.165) is 36.3 Å². The first kappa shape index (κ1) is 16.5. The van der Waals surface area contributed by atoms with Crippen molar-refractivity contribution in [2.24, 2.45) is 5.92 Å². The highest BCUT2D eigenvalue weighted by Gasteiger charge is 2.29. The molecule has 0 aliphatic rings. The fourth-order valence-electron chi connectivity index (χ4n) is 2.08. The summed E-state index contributed by atoms with van der Waals surface area (Å²) in [5.41, 5.74) is 1.22. The highest BCUT2D eigenvalue weighted by Crippen LogP contribution is 2.29. The Morgan fingerprint density at radius 1 is 1.14 bits per heavy atom. The maximum absolute atomic E-state index is 12.5. The van der Waals surface area contributed by atoms with Gasteiger partial charge in [-0.2, -0.15) is 18.3 Å². The normalized spacial score (nSPS) is 12.1. The average Bonchev–Trinajstić information content (AvgIpc) is 2.85. The molecule has 22 heavy (non-hydrogen) atoms. The molecule has 120 valence electrons. The Balaban J connectivity index is 1.92. The lowest BCUT2D eigenvalue weighted by Crippen LogP contribution is -2.18. The van der Waals surface area contributed by atoms with Crippen molar-refractivity contribution in [1.29, 1.82) is 0 Å². The van der Waals surface area contributed by atoms with Crippen molar-refractivity contribution >= 4 is 0 Å². The van der Waals surface area contributed by atoms with Gasteiger partial charge in [-0.05, 0) is 30.2 Å². The molecule has 0 spiro atoms. The smallest absolute Gasteiger partial charge is 0.312 e. The summed E-state index contributed by atoms with van der Waals surface area (Å²) in [7, 11) is 0. The summed E-state index contributed by atoms with van der Waals surface area (Å²) in [6.07, 6.45) is -0.609. The van der Waals surface area contributed by atoms with Crippen molar-refractivity contribution in [3.05, 3.63) is 53.3 Å². The Labute approximate surface area is 128 Å². The molecule has 0 unspecified atom stereocenters. The molecular formula is C16H20F3N3. The maximum atomic E-state index is 12.5. The van der Waals surface area contributed by atoms with Crippen LogP contribution in [0.1, 0.15) is 30.5 Å². The third kappa shape index (κ3) is 4.87. The van der Waals surface area contributed by atoms with E-state index in [1.165, 1.54) is 12.1 Å². The Bertz CT molecular complexity index is 585. The Hall–Kier alpha value is -1.82. The minimum atomic E-state index is -4.29. The monoisotopic (exact) mass is 311 g/mol. The minimum Gasteiger partial charge on any atom is -0.312 e. The largest absolute Gasteiger partial charge is 0.416 e. The molecule has 0 radical (unpaired) electrons. The zero-order chi connectivity index (χ0) is 16.2. The fourth-order valence-corrected chi connectivity index (χ4v) is 2.08. The van der Waals surface area contributed by atoms with E-state index in [1.807, 2.05) is 6.20 Å². The molecule has 1 aromatic heterocycles. The van der Waals surface area contributed by atoms with Gasteiger partial charge in [-0.15, -0.1) is 0 Å². The average molecular weight is 311 g/mol. The number of rotatable bonds is 6. The SMILES string of the molecule is CC(C)CNCc1cnn(Cc2ccc(C(F)(F)F)cc2)c1. The van der Waals surface area contributed by atoms with Crippen LogP contribution in [0, 0.1) is 5.92 Å². The number of hydrogen-bond acceptors (Lipinski definition) is 2. The summed E-state index contributed by atoms with van der Waals surface area (Å²) in [5, 5.41) is 7.56. The summed E-state index contributed by atoms with van der Waals surface area (Å²) >= 11 is 0. The predicted molar refractivity (Wildman–Crippen MR) is 79.3 cm³/mol. The molecule has 1 N–H and O–H groups in total. The van der Waals surface area contributed by atoms with E-state index in [4.69, 9.17) is 0 Å². The molecule has 3 nitrogen and oxygen atoms in total. The van der Waals surface area contributed by atoms with Gasteiger partial charge in [-0.1, -0.05) is 26.0 Å². The molecular weight excluding hydrogens is 291 g/mol. The van der Waals surface area contributed by atoms with E-state index in [9.17, 15) is 13.2 Å². The second-order valence-electron chi connectivity index (χ2n) is 5.77. The van der Waals surface area contributed by atoms with Gasteiger partial charge in [-0.3, -0.25) is 4.68 Å². The van der Waals surface area contributed by atoms with Gasteiger partial charge < -0.3 is 5.32 Å². The van der Waals surface area contributed by atoms with E-state index in [0.29, 0.717) is 12.5 Å². The van der Waals surface area contributed by atoms with Crippen molar-refractivity contribution in [1.82, 2.24) is 15.1 Å². The van der Waals surface area contributed by atoms with Gasteiger partial charge in [-0.25, -0.2) is 0 Å². The quantitative estimate of drug-likeness (QED) is 0.881. The zero-order valence-electron chi connectivity index (χ0n) is 12.7. The van der Waals surface area contributed by atoms with E-state index in [-0.39, 0.29) is 0 Å². The van der Waals surface area contributed by atoms with Crippen molar-refractivity contribution in [3.8, 4) is 0 Å². The van der Waals surface area contributed by atoms with Gasteiger partial charge >= 0.3 is 6.18 Å². The van der Waals surface area contributed by atoms with Crippen LogP contribution >= 0.6 is 0 Å². The van der Waals surface area contributed by atoms with Gasteiger partial charge in [0.25, 0.3) is 0 Å². The molecule has 1 heterocycles. The van der Waals surface area contributed by atoms with Crippen LogP contribution in [0.25, 0.3) is 0 Å². The minimum absolute atomic E-state index is 0.461. The Kier molecular flexibility index (Phi) is 5.24. The molecule has 0 fully saturated rings. The lowest BCUT2D eigenvalue weighted by atomic mass is 10.1. The molecule has 0 atom stereocenters. The third-order valence-corrected chi connectivity index (χ3v) is 3.19. The summed E-state index contributed by atoms with van der Waals surface area (Å²) < 4.78 is 39.2. The van der Waals surface area contributed by atoms with Crippen LogP contribution in [0.4, 0.5) is 13.2 Å². The van der Waals surface area contributed by atoms with E-state index in [2.05, 4.69) is 24.3 Å². The Morgan fingerprint density at radius 3 is 2.41 bits per heavy atom. The Morgan fingerprint density at radius 2 is 1.82 bits per heavy atom. The molecule has 0 aliphatic carbocycles. The number of aromatic nitrogens is 2. The lowest BCUT2D eigenvalue weighted by Gasteiger charge is -2.07. The molecule has 0 saturated heterocycles. The second-order valence-corrected chi connectivity index (χ2v) is 5.77. The number of nitrogens with one attached hydrogen (secondary N) is 1. The van der Waals surface area contributed by atoms with Crippen LogP contribution in [-0.4, -0.2) is 16.3 Å². The number of alkyl halides is 3. The van der Waals surface area contributed by atoms with Crippen molar-refractivity contribution in [2.75, 3.05) is 6.54 Å². The molecule has 6 heteroatoms. The molecule has 0 aliphatic heterocycles. The lowest BCUT2D eigenvalue weighted by molar-refractivity contribution is -0.137. The summed E-state index contributed by atoms with van der Waals surface area (Å²) in [4.78, 5) is 0. The summed E-state index contributed by atoms with van der Waals surface area (Å²) in [5.74, 6) is 0.585. The number of halogens is 3.